The Morgan fingerprint density at radius 2 is 1.91 bits per heavy atom. The first kappa shape index (κ1) is 15.9. The summed E-state index contributed by atoms with van der Waals surface area (Å²) in [6.45, 7) is 2.29. The molecule has 114 valence electrons. The van der Waals surface area contributed by atoms with Crippen LogP contribution in [-0.2, 0) is 6.42 Å². The number of rotatable bonds is 3. The molecule has 2 radical (unpaired) electrons. The van der Waals surface area contributed by atoms with Gasteiger partial charge in [-0.25, -0.2) is 0 Å². The molecule has 3 rings (SSSR count). The van der Waals surface area contributed by atoms with Gasteiger partial charge in [-0.2, -0.15) is 0 Å². The summed E-state index contributed by atoms with van der Waals surface area (Å²) in [5.41, 5.74) is 4.78. The number of hydrogen-bond acceptors (Lipinski definition) is 1. The van der Waals surface area contributed by atoms with Crippen molar-refractivity contribution in [2.24, 2.45) is 0 Å². The minimum atomic E-state index is 0.391. The van der Waals surface area contributed by atoms with Gasteiger partial charge in [0.05, 0.1) is 17.2 Å². The number of benzene rings is 2. The molecule has 2 atom stereocenters. The van der Waals surface area contributed by atoms with Crippen molar-refractivity contribution in [2.45, 2.75) is 30.8 Å². The van der Waals surface area contributed by atoms with Crippen LogP contribution >= 0.6 is 23.2 Å². The Kier molecular flexibility index (Phi) is 4.81. The Balaban J connectivity index is 2.05. The van der Waals surface area contributed by atoms with E-state index in [-0.39, 0.29) is 0 Å². The summed E-state index contributed by atoms with van der Waals surface area (Å²) < 4.78 is 5.39. The van der Waals surface area contributed by atoms with Crippen LogP contribution in [0.2, 0.25) is 22.1 Å². The van der Waals surface area contributed by atoms with E-state index in [0.717, 1.165) is 27.2 Å². The van der Waals surface area contributed by atoms with Gasteiger partial charge in [0.25, 0.3) is 0 Å². The molecular weight excluding hydrogens is 331 g/mol. The lowest BCUT2D eigenvalue weighted by atomic mass is 9.78. The molecule has 0 spiro atoms. The zero-order valence-corrected chi connectivity index (χ0v) is 15.2. The minimum absolute atomic E-state index is 0.391. The van der Waals surface area contributed by atoms with E-state index in [0.29, 0.717) is 16.0 Å². The molecule has 0 amide bonds. The van der Waals surface area contributed by atoms with Crippen LogP contribution in [0, 0.1) is 0 Å². The third kappa shape index (κ3) is 3.05. The lowest BCUT2D eigenvalue weighted by Gasteiger charge is -2.32. The molecule has 0 heterocycles. The predicted octanol–water partition coefficient (Wildman–Crippen LogP) is 5.62. The summed E-state index contributed by atoms with van der Waals surface area (Å²) in [4.78, 5) is 0. The fraction of sp³-hybridized carbons (Fsp3) is 0.333. The zero-order valence-electron chi connectivity index (χ0n) is 12.7. The topological polar surface area (TPSA) is 9.23 Å². The molecule has 0 unspecified atom stereocenters. The quantitative estimate of drug-likeness (QED) is 0.654. The van der Waals surface area contributed by atoms with Crippen LogP contribution in [0.25, 0.3) is 0 Å². The van der Waals surface area contributed by atoms with Crippen LogP contribution in [-0.4, -0.2) is 16.6 Å². The highest BCUT2D eigenvalue weighted by atomic mass is 35.5. The summed E-state index contributed by atoms with van der Waals surface area (Å²) in [6, 6.07) is 12.5. The van der Waals surface area contributed by atoms with Crippen molar-refractivity contribution >= 4 is 32.7 Å². The second-order valence-corrected chi connectivity index (χ2v) is 7.92. The van der Waals surface area contributed by atoms with Gasteiger partial charge < -0.3 is 4.74 Å². The van der Waals surface area contributed by atoms with Gasteiger partial charge in [-0.05, 0) is 59.3 Å². The van der Waals surface area contributed by atoms with E-state index >= 15 is 0 Å². The SMILES string of the molecule is COc1ccc2c(c1)C[C@@H]([Si]C)C[C@@H]2c1ccc(Cl)c(Cl)c1. The monoisotopic (exact) mass is 348 g/mol. The van der Waals surface area contributed by atoms with Gasteiger partial charge in [0.15, 0.2) is 0 Å². The third-order valence-corrected chi connectivity index (χ3v) is 6.46. The van der Waals surface area contributed by atoms with Crippen LogP contribution in [0.4, 0.5) is 0 Å². The molecule has 2 aromatic carbocycles. The first-order valence-electron chi connectivity index (χ1n) is 7.41. The van der Waals surface area contributed by atoms with Crippen LogP contribution in [0.5, 0.6) is 5.75 Å². The molecular formula is C18H18Cl2OSi. The Hall–Kier alpha value is -0.963. The average molecular weight is 349 g/mol. The highest BCUT2D eigenvalue weighted by molar-refractivity contribution is 6.42. The molecule has 1 aliphatic carbocycles. The molecule has 0 fully saturated rings. The molecule has 22 heavy (non-hydrogen) atoms. The summed E-state index contributed by atoms with van der Waals surface area (Å²) in [7, 11) is 2.66. The lowest BCUT2D eigenvalue weighted by Crippen LogP contribution is -2.19. The molecule has 0 aromatic heterocycles. The molecule has 1 nitrogen and oxygen atoms in total. The zero-order chi connectivity index (χ0) is 15.7. The van der Waals surface area contributed by atoms with Crippen LogP contribution in [0.1, 0.15) is 29.0 Å². The first-order valence-corrected chi connectivity index (χ1v) is 9.74. The van der Waals surface area contributed by atoms with Gasteiger partial charge >= 0.3 is 0 Å². The Bertz CT molecular complexity index is 687. The first-order chi connectivity index (χ1) is 10.6. The second-order valence-electron chi connectivity index (χ2n) is 5.72. The number of methoxy groups -OCH3 is 1. The van der Waals surface area contributed by atoms with E-state index in [9.17, 15) is 0 Å². The summed E-state index contributed by atoms with van der Waals surface area (Å²) in [6.07, 6.45) is 2.31. The Morgan fingerprint density at radius 1 is 1.09 bits per heavy atom. The van der Waals surface area contributed by atoms with Crippen molar-refractivity contribution in [1.82, 2.24) is 0 Å². The summed E-state index contributed by atoms with van der Waals surface area (Å²) in [5.74, 6) is 1.33. The van der Waals surface area contributed by atoms with Crippen molar-refractivity contribution < 1.29 is 4.74 Å². The smallest absolute Gasteiger partial charge is 0.119 e. The van der Waals surface area contributed by atoms with Gasteiger partial charge in [-0.1, -0.05) is 41.9 Å². The largest absolute Gasteiger partial charge is 0.497 e. The summed E-state index contributed by atoms with van der Waals surface area (Å²) >= 11 is 12.3. The number of ether oxygens (including phenoxy) is 1. The molecule has 0 N–H and O–H groups in total. The van der Waals surface area contributed by atoms with E-state index in [1.165, 1.54) is 23.1 Å². The van der Waals surface area contributed by atoms with E-state index < -0.39 is 0 Å². The highest BCUT2D eigenvalue weighted by Crippen LogP contribution is 2.43. The normalized spacial score (nSPS) is 20.5. The third-order valence-electron chi connectivity index (χ3n) is 4.47. The fourth-order valence-corrected chi connectivity index (χ4v) is 4.45. The number of hydrogen-bond donors (Lipinski definition) is 0. The molecule has 0 aliphatic heterocycles. The average Bonchev–Trinajstić information content (AvgIpc) is 2.55. The number of halogens is 2. The van der Waals surface area contributed by atoms with Gasteiger partial charge in [-0.15, -0.1) is 0 Å². The van der Waals surface area contributed by atoms with Gasteiger partial charge in [-0.3, -0.25) is 0 Å². The molecule has 0 bridgehead atoms. The van der Waals surface area contributed by atoms with E-state index in [1.807, 2.05) is 12.1 Å². The second kappa shape index (κ2) is 6.65. The number of fused-ring (bicyclic) bond motifs is 1. The summed E-state index contributed by atoms with van der Waals surface area (Å²) in [5, 5.41) is 1.25. The van der Waals surface area contributed by atoms with Crippen LogP contribution in [0.3, 0.4) is 0 Å². The molecule has 1 aliphatic rings. The van der Waals surface area contributed by atoms with E-state index in [4.69, 9.17) is 27.9 Å². The minimum Gasteiger partial charge on any atom is -0.497 e. The maximum atomic E-state index is 6.23. The van der Waals surface area contributed by atoms with Gasteiger partial charge in [0.2, 0.25) is 0 Å². The maximum Gasteiger partial charge on any atom is 0.119 e. The van der Waals surface area contributed by atoms with Crippen LogP contribution in [0.15, 0.2) is 36.4 Å². The van der Waals surface area contributed by atoms with E-state index in [2.05, 4.69) is 30.8 Å². The predicted molar refractivity (Wildman–Crippen MR) is 95.0 cm³/mol. The van der Waals surface area contributed by atoms with Crippen molar-refractivity contribution in [1.29, 1.82) is 0 Å². The Labute approximate surface area is 144 Å². The van der Waals surface area contributed by atoms with Crippen LogP contribution < -0.4 is 4.74 Å². The van der Waals surface area contributed by atoms with Crippen molar-refractivity contribution in [3.05, 3.63) is 63.1 Å². The molecule has 0 saturated carbocycles. The fourth-order valence-electron chi connectivity index (χ4n) is 3.25. The van der Waals surface area contributed by atoms with Gasteiger partial charge in [0.1, 0.15) is 5.75 Å². The Morgan fingerprint density at radius 3 is 2.59 bits per heavy atom. The molecule has 0 saturated heterocycles. The van der Waals surface area contributed by atoms with Crippen molar-refractivity contribution in [3.8, 4) is 5.75 Å². The maximum absolute atomic E-state index is 6.23. The van der Waals surface area contributed by atoms with Crippen molar-refractivity contribution in [3.63, 3.8) is 0 Å². The lowest BCUT2D eigenvalue weighted by molar-refractivity contribution is 0.413. The van der Waals surface area contributed by atoms with Gasteiger partial charge in [0, 0.05) is 15.4 Å². The van der Waals surface area contributed by atoms with E-state index in [1.54, 1.807) is 7.11 Å². The standard InChI is InChI=1S/C18H18Cl2OSi/c1-21-13-4-5-15-12(7-13)8-14(22-2)10-16(15)11-3-6-17(19)18(20)9-11/h3-7,9,14,16H,8,10H2,1-2H3/t14-,16-/m1/s1. The van der Waals surface area contributed by atoms with Crippen molar-refractivity contribution in [2.75, 3.05) is 7.11 Å². The molecule has 4 heteroatoms. The molecule has 2 aromatic rings. The highest BCUT2D eigenvalue weighted by Gasteiger charge is 2.28.